The quantitative estimate of drug-likeness (QED) is 0.594. The van der Waals surface area contributed by atoms with Crippen LogP contribution in [0.4, 0.5) is 11.4 Å². The molecule has 5 heteroatoms. The first-order valence-electron chi connectivity index (χ1n) is 6.44. The first-order chi connectivity index (χ1) is 10.0. The van der Waals surface area contributed by atoms with Gasteiger partial charge in [0, 0.05) is 23.9 Å². The maximum absolute atomic E-state index is 11.8. The molecule has 1 atom stereocenters. The molecule has 0 fully saturated rings. The zero-order chi connectivity index (χ0) is 15.2. The molecular formula is C16H16N2O3. The molecule has 3 N–H and O–H groups in total. The lowest BCUT2D eigenvalue weighted by molar-refractivity contribution is -0.991. The maximum Gasteiger partial charge on any atom is 0.248 e. The zero-order valence-corrected chi connectivity index (χ0v) is 11.5. The van der Waals surface area contributed by atoms with Crippen molar-refractivity contribution in [2.24, 2.45) is 0 Å². The summed E-state index contributed by atoms with van der Waals surface area (Å²) in [6, 6.07) is 13.8. The van der Waals surface area contributed by atoms with Crippen LogP contribution in [0.15, 0.2) is 54.6 Å². The Bertz CT molecular complexity index is 649. The summed E-state index contributed by atoms with van der Waals surface area (Å²) >= 11 is 0. The Morgan fingerprint density at radius 2 is 1.95 bits per heavy atom. The average molecular weight is 284 g/mol. The largest absolute Gasteiger partial charge is 0.595 e. The number of anilines is 1. The number of carbonyl (C=O) groups is 1. The Morgan fingerprint density at radius 3 is 2.57 bits per heavy atom. The Balaban J connectivity index is 1.98. The van der Waals surface area contributed by atoms with E-state index < -0.39 is 5.23 Å². The highest BCUT2D eigenvalue weighted by atomic mass is 16.8. The van der Waals surface area contributed by atoms with E-state index >= 15 is 0 Å². The van der Waals surface area contributed by atoms with Crippen molar-refractivity contribution < 1.29 is 15.2 Å². The fraction of sp³-hybridized carbons (Fsp3) is 0.0625. The SMILES string of the molecule is Cc1cccc(NC(=O)/C=C/c2ccc([NH+]([O-])O)cc2)c1. The number of quaternary nitrogens is 1. The summed E-state index contributed by atoms with van der Waals surface area (Å²) in [5.41, 5.74) is 2.79. The van der Waals surface area contributed by atoms with Gasteiger partial charge in [0.15, 0.2) is 5.69 Å². The molecular weight excluding hydrogens is 268 g/mol. The van der Waals surface area contributed by atoms with E-state index in [1.165, 1.54) is 18.2 Å². The minimum absolute atomic E-state index is 0.219. The lowest BCUT2D eigenvalue weighted by Crippen LogP contribution is -2.99. The van der Waals surface area contributed by atoms with E-state index in [0.717, 1.165) is 16.8 Å². The summed E-state index contributed by atoms with van der Waals surface area (Å²) in [5, 5.41) is 21.3. The van der Waals surface area contributed by atoms with Crippen LogP contribution in [0.25, 0.3) is 6.08 Å². The third-order valence-corrected chi connectivity index (χ3v) is 2.87. The minimum atomic E-state index is -0.970. The van der Waals surface area contributed by atoms with E-state index in [1.54, 1.807) is 18.2 Å². The van der Waals surface area contributed by atoms with Gasteiger partial charge in [-0.25, -0.2) is 5.21 Å². The number of rotatable bonds is 4. The molecule has 108 valence electrons. The van der Waals surface area contributed by atoms with Crippen LogP contribution in [-0.4, -0.2) is 11.1 Å². The third-order valence-electron chi connectivity index (χ3n) is 2.87. The maximum atomic E-state index is 11.8. The van der Waals surface area contributed by atoms with Gasteiger partial charge in [-0.05, 0) is 48.4 Å². The molecule has 0 aliphatic carbocycles. The number of nitrogens with one attached hydrogen (secondary N) is 2. The van der Waals surface area contributed by atoms with E-state index in [2.05, 4.69) is 5.32 Å². The molecule has 2 aromatic carbocycles. The molecule has 0 saturated heterocycles. The number of benzene rings is 2. The number of carbonyl (C=O) groups excluding carboxylic acids is 1. The fourth-order valence-corrected chi connectivity index (χ4v) is 1.82. The zero-order valence-electron chi connectivity index (χ0n) is 11.5. The van der Waals surface area contributed by atoms with Crippen LogP contribution in [0.3, 0.4) is 0 Å². The summed E-state index contributed by atoms with van der Waals surface area (Å²) in [5.74, 6) is -0.233. The van der Waals surface area contributed by atoms with Gasteiger partial charge in [-0.15, -0.1) is 0 Å². The van der Waals surface area contributed by atoms with Crippen molar-refractivity contribution in [1.29, 1.82) is 0 Å². The molecule has 0 radical (unpaired) electrons. The summed E-state index contributed by atoms with van der Waals surface area (Å²) in [6.45, 7) is 1.95. The Kier molecular flexibility index (Phi) is 4.84. The second kappa shape index (κ2) is 6.81. The summed E-state index contributed by atoms with van der Waals surface area (Å²) in [7, 11) is 0. The van der Waals surface area contributed by atoms with E-state index in [9.17, 15) is 10.0 Å². The van der Waals surface area contributed by atoms with Gasteiger partial charge in [0.05, 0.1) is 0 Å². The Hall–Kier alpha value is -2.47. The van der Waals surface area contributed by atoms with Gasteiger partial charge < -0.3 is 10.5 Å². The molecule has 0 bridgehead atoms. The number of amides is 1. The Labute approximate surface area is 122 Å². The number of hydrogen-bond donors (Lipinski definition) is 3. The van der Waals surface area contributed by atoms with E-state index in [0.29, 0.717) is 0 Å². The number of aryl methyl sites for hydroxylation is 1. The summed E-state index contributed by atoms with van der Waals surface area (Å²) < 4.78 is 0. The number of hydrogen-bond acceptors (Lipinski definition) is 3. The molecule has 0 aliphatic heterocycles. The van der Waals surface area contributed by atoms with Crippen molar-refractivity contribution >= 4 is 23.4 Å². The highest BCUT2D eigenvalue weighted by molar-refractivity contribution is 6.01. The molecule has 0 heterocycles. The molecule has 0 saturated carbocycles. The van der Waals surface area contributed by atoms with Crippen molar-refractivity contribution in [3.8, 4) is 0 Å². The van der Waals surface area contributed by atoms with Crippen LogP contribution in [0.5, 0.6) is 0 Å². The second-order valence-corrected chi connectivity index (χ2v) is 4.62. The van der Waals surface area contributed by atoms with E-state index in [1.807, 2.05) is 31.2 Å². The van der Waals surface area contributed by atoms with Crippen LogP contribution >= 0.6 is 0 Å². The minimum Gasteiger partial charge on any atom is -0.595 e. The highest BCUT2D eigenvalue weighted by Crippen LogP contribution is 2.10. The molecule has 21 heavy (non-hydrogen) atoms. The van der Waals surface area contributed by atoms with Gasteiger partial charge in [0.2, 0.25) is 5.91 Å². The van der Waals surface area contributed by atoms with Crippen LogP contribution in [0.2, 0.25) is 0 Å². The monoisotopic (exact) mass is 284 g/mol. The van der Waals surface area contributed by atoms with Crippen LogP contribution in [-0.2, 0) is 4.79 Å². The van der Waals surface area contributed by atoms with Crippen molar-refractivity contribution in [3.63, 3.8) is 0 Å². The normalized spacial score (nSPS) is 12.3. The predicted molar refractivity (Wildman–Crippen MR) is 81.1 cm³/mol. The predicted octanol–water partition coefficient (Wildman–Crippen LogP) is 2.05. The van der Waals surface area contributed by atoms with Crippen LogP contribution < -0.4 is 10.5 Å². The van der Waals surface area contributed by atoms with E-state index in [4.69, 9.17) is 5.21 Å². The van der Waals surface area contributed by atoms with Gasteiger partial charge in [-0.2, -0.15) is 5.23 Å². The lowest BCUT2D eigenvalue weighted by atomic mass is 10.2. The lowest BCUT2D eigenvalue weighted by Gasteiger charge is -2.10. The standard InChI is InChI=1S/C16H16N2O3/c1-12-3-2-4-14(11-12)17-16(19)10-7-13-5-8-15(9-6-13)18(20)21/h2-11,18,20H,1H3,(H,17,19)/b10-7+. The molecule has 0 aliphatic rings. The first kappa shape index (κ1) is 14.9. The van der Waals surface area contributed by atoms with E-state index in [-0.39, 0.29) is 11.6 Å². The molecule has 1 unspecified atom stereocenters. The van der Waals surface area contributed by atoms with Crippen molar-refractivity contribution in [2.75, 3.05) is 5.32 Å². The third kappa shape index (κ3) is 4.54. The summed E-state index contributed by atoms with van der Waals surface area (Å²) in [4.78, 5) is 11.8. The molecule has 5 nitrogen and oxygen atoms in total. The van der Waals surface area contributed by atoms with Gasteiger partial charge in [0.1, 0.15) is 0 Å². The highest BCUT2D eigenvalue weighted by Gasteiger charge is 2.00. The van der Waals surface area contributed by atoms with Gasteiger partial charge in [-0.3, -0.25) is 4.79 Å². The molecule has 2 aromatic rings. The second-order valence-electron chi connectivity index (χ2n) is 4.62. The smallest absolute Gasteiger partial charge is 0.248 e. The van der Waals surface area contributed by atoms with Gasteiger partial charge in [0.25, 0.3) is 0 Å². The topological polar surface area (TPSA) is 76.8 Å². The molecule has 0 spiro atoms. The molecule has 0 aromatic heterocycles. The molecule has 2 rings (SSSR count). The van der Waals surface area contributed by atoms with Gasteiger partial charge >= 0.3 is 0 Å². The van der Waals surface area contributed by atoms with Crippen LogP contribution in [0.1, 0.15) is 11.1 Å². The Morgan fingerprint density at radius 1 is 1.24 bits per heavy atom. The van der Waals surface area contributed by atoms with Gasteiger partial charge in [-0.1, -0.05) is 12.1 Å². The van der Waals surface area contributed by atoms with Crippen molar-refractivity contribution in [1.82, 2.24) is 0 Å². The summed E-state index contributed by atoms with van der Waals surface area (Å²) in [6.07, 6.45) is 3.05. The van der Waals surface area contributed by atoms with Crippen molar-refractivity contribution in [3.05, 3.63) is 70.9 Å². The fourth-order valence-electron chi connectivity index (χ4n) is 1.82. The average Bonchev–Trinajstić information content (AvgIpc) is 2.45. The molecule has 1 amide bonds. The van der Waals surface area contributed by atoms with Crippen molar-refractivity contribution in [2.45, 2.75) is 6.92 Å². The van der Waals surface area contributed by atoms with Crippen LogP contribution in [0, 0.1) is 12.1 Å². The first-order valence-corrected chi connectivity index (χ1v) is 6.44.